The van der Waals surface area contributed by atoms with E-state index in [-0.39, 0.29) is 16.7 Å². The number of hydrogen-bond donors (Lipinski definition) is 3. The fourth-order valence-corrected chi connectivity index (χ4v) is 2.41. The summed E-state index contributed by atoms with van der Waals surface area (Å²) in [6, 6.07) is 1.38. The number of nitrogens with two attached hydrogens (primary N) is 2. The molecule has 94 valence electrons. The SMILES string of the molecule is N=C(N=C(N)N)SCc1cc(=O)n2ncsc2n1. The molecule has 0 amide bonds. The Bertz CT molecular complexity index is 669. The smallest absolute Gasteiger partial charge is 0.275 e. The van der Waals surface area contributed by atoms with Crippen molar-refractivity contribution in [3.8, 4) is 0 Å². The van der Waals surface area contributed by atoms with Crippen LogP contribution in [0.15, 0.2) is 21.4 Å². The molecule has 0 atom stereocenters. The zero-order chi connectivity index (χ0) is 13.1. The summed E-state index contributed by atoms with van der Waals surface area (Å²) < 4.78 is 1.22. The number of thioether (sulfide) groups is 1. The third-order valence-corrected chi connectivity index (χ3v) is 3.31. The van der Waals surface area contributed by atoms with Crippen LogP contribution in [-0.2, 0) is 5.75 Å². The van der Waals surface area contributed by atoms with Crippen molar-refractivity contribution >= 4 is 39.2 Å². The number of guanidine groups is 1. The van der Waals surface area contributed by atoms with Crippen LogP contribution in [0, 0.1) is 5.41 Å². The highest BCUT2D eigenvalue weighted by Crippen LogP contribution is 2.12. The zero-order valence-electron chi connectivity index (χ0n) is 9.03. The van der Waals surface area contributed by atoms with Crippen molar-refractivity contribution in [1.29, 1.82) is 5.41 Å². The Labute approximate surface area is 109 Å². The summed E-state index contributed by atoms with van der Waals surface area (Å²) in [5.74, 6) is 0.178. The number of fused-ring (bicyclic) bond motifs is 1. The van der Waals surface area contributed by atoms with E-state index in [1.165, 1.54) is 21.9 Å². The minimum atomic E-state index is -0.245. The van der Waals surface area contributed by atoms with Gasteiger partial charge in [-0.3, -0.25) is 10.2 Å². The van der Waals surface area contributed by atoms with Gasteiger partial charge in [-0.1, -0.05) is 23.1 Å². The first-order valence-corrected chi connectivity index (χ1v) is 6.56. The molecular weight excluding hydrogens is 274 g/mol. The first kappa shape index (κ1) is 12.5. The Morgan fingerprint density at radius 2 is 2.39 bits per heavy atom. The minimum absolute atomic E-state index is 0.0266. The molecule has 0 aromatic carbocycles. The van der Waals surface area contributed by atoms with Gasteiger partial charge in [-0.2, -0.15) is 14.6 Å². The lowest BCUT2D eigenvalue weighted by Gasteiger charge is -1.99. The van der Waals surface area contributed by atoms with E-state index in [4.69, 9.17) is 16.9 Å². The van der Waals surface area contributed by atoms with E-state index >= 15 is 0 Å². The van der Waals surface area contributed by atoms with Crippen LogP contribution >= 0.6 is 23.1 Å². The average Bonchev–Trinajstić information content (AvgIpc) is 2.74. The summed E-state index contributed by atoms with van der Waals surface area (Å²) >= 11 is 2.36. The topological polar surface area (TPSA) is 136 Å². The maximum Gasteiger partial charge on any atom is 0.275 e. The maximum atomic E-state index is 11.6. The fraction of sp³-hybridized carbons (Fsp3) is 0.125. The Morgan fingerprint density at radius 1 is 1.61 bits per heavy atom. The number of amidine groups is 1. The molecule has 2 rings (SSSR count). The molecule has 5 N–H and O–H groups in total. The second-order valence-corrected chi connectivity index (χ2v) is 4.93. The van der Waals surface area contributed by atoms with E-state index < -0.39 is 0 Å². The number of rotatable bonds is 2. The summed E-state index contributed by atoms with van der Waals surface area (Å²) in [5.41, 5.74) is 12.1. The van der Waals surface area contributed by atoms with E-state index in [2.05, 4.69) is 15.1 Å². The molecule has 2 heterocycles. The largest absolute Gasteiger partial charge is 0.370 e. The Balaban J connectivity index is 2.15. The number of aliphatic imine (C=N–C) groups is 1. The first-order valence-electron chi connectivity index (χ1n) is 4.69. The summed E-state index contributed by atoms with van der Waals surface area (Å²) in [4.78, 5) is 19.9. The highest BCUT2D eigenvalue weighted by Gasteiger charge is 2.05. The quantitative estimate of drug-likeness (QED) is 0.506. The lowest BCUT2D eigenvalue weighted by molar-refractivity contribution is 0.889. The summed E-state index contributed by atoms with van der Waals surface area (Å²) in [5, 5.41) is 11.3. The highest BCUT2D eigenvalue weighted by molar-refractivity contribution is 8.13. The Hall–Kier alpha value is -1.94. The number of nitrogens with zero attached hydrogens (tertiary/aromatic N) is 4. The molecule has 2 aromatic rings. The molecule has 0 aliphatic rings. The van der Waals surface area contributed by atoms with Crippen LogP contribution in [0.2, 0.25) is 0 Å². The van der Waals surface area contributed by atoms with Crippen LogP contribution < -0.4 is 17.0 Å². The standard InChI is InChI=1S/C8H9N7OS2/c9-6(10)14-7(11)17-2-4-1-5(16)15-8(13-4)18-3-12-15/h1,3H,2H2,(H5,9,10,11,14). The van der Waals surface area contributed by atoms with Crippen molar-refractivity contribution in [3.05, 3.63) is 27.6 Å². The molecule has 2 aromatic heterocycles. The van der Waals surface area contributed by atoms with Gasteiger partial charge in [0.15, 0.2) is 11.1 Å². The van der Waals surface area contributed by atoms with Gasteiger partial charge in [-0.15, -0.1) is 0 Å². The molecule has 18 heavy (non-hydrogen) atoms. The molecular formula is C8H9N7OS2. The van der Waals surface area contributed by atoms with E-state index in [1.807, 2.05) is 0 Å². The van der Waals surface area contributed by atoms with E-state index in [1.54, 1.807) is 5.51 Å². The fourth-order valence-electron chi connectivity index (χ4n) is 1.17. The molecule has 0 bridgehead atoms. The average molecular weight is 283 g/mol. The normalized spacial score (nSPS) is 10.4. The lowest BCUT2D eigenvalue weighted by Crippen LogP contribution is -2.23. The predicted molar refractivity (Wildman–Crippen MR) is 72.0 cm³/mol. The molecule has 0 spiro atoms. The second-order valence-electron chi connectivity index (χ2n) is 3.15. The van der Waals surface area contributed by atoms with Crippen molar-refractivity contribution in [2.75, 3.05) is 0 Å². The number of aromatic nitrogens is 3. The van der Waals surface area contributed by atoms with Gasteiger partial charge in [0.05, 0.1) is 5.69 Å². The van der Waals surface area contributed by atoms with Gasteiger partial charge >= 0.3 is 0 Å². The van der Waals surface area contributed by atoms with Gasteiger partial charge in [-0.25, -0.2) is 4.98 Å². The number of hydrogen-bond acceptors (Lipinski definition) is 6. The summed E-state index contributed by atoms with van der Waals surface area (Å²) in [7, 11) is 0. The van der Waals surface area contributed by atoms with Gasteiger partial charge in [0, 0.05) is 11.8 Å². The lowest BCUT2D eigenvalue weighted by atomic mass is 10.4. The molecule has 10 heteroatoms. The van der Waals surface area contributed by atoms with Gasteiger partial charge in [0.2, 0.25) is 4.96 Å². The van der Waals surface area contributed by atoms with Crippen LogP contribution in [0.4, 0.5) is 0 Å². The molecule has 0 aliphatic carbocycles. The van der Waals surface area contributed by atoms with Crippen LogP contribution in [0.1, 0.15) is 5.69 Å². The van der Waals surface area contributed by atoms with Crippen LogP contribution in [-0.4, -0.2) is 25.7 Å². The second kappa shape index (κ2) is 5.14. The minimum Gasteiger partial charge on any atom is -0.370 e. The third-order valence-electron chi connectivity index (χ3n) is 1.83. The third kappa shape index (κ3) is 2.84. The van der Waals surface area contributed by atoms with Crippen molar-refractivity contribution in [2.45, 2.75) is 5.75 Å². The van der Waals surface area contributed by atoms with Crippen LogP contribution in [0.5, 0.6) is 0 Å². The van der Waals surface area contributed by atoms with Gasteiger partial charge in [-0.05, 0) is 0 Å². The summed E-state index contributed by atoms with van der Waals surface area (Å²) in [6.45, 7) is 0. The van der Waals surface area contributed by atoms with E-state index in [9.17, 15) is 4.79 Å². The first-order chi connectivity index (χ1) is 8.56. The molecule has 8 nitrogen and oxygen atoms in total. The van der Waals surface area contributed by atoms with Gasteiger partial charge in [0.1, 0.15) is 5.51 Å². The molecule has 0 saturated heterocycles. The van der Waals surface area contributed by atoms with Gasteiger partial charge < -0.3 is 11.5 Å². The van der Waals surface area contributed by atoms with Crippen molar-refractivity contribution < 1.29 is 0 Å². The molecule has 0 aliphatic heterocycles. The monoisotopic (exact) mass is 283 g/mol. The zero-order valence-corrected chi connectivity index (χ0v) is 10.7. The van der Waals surface area contributed by atoms with Crippen molar-refractivity contribution in [3.63, 3.8) is 0 Å². The van der Waals surface area contributed by atoms with Crippen LogP contribution in [0.25, 0.3) is 4.96 Å². The van der Waals surface area contributed by atoms with Crippen molar-refractivity contribution in [1.82, 2.24) is 14.6 Å². The van der Waals surface area contributed by atoms with E-state index in [0.717, 1.165) is 11.8 Å². The van der Waals surface area contributed by atoms with Crippen molar-refractivity contribution in [2.24, 2.45) is 16.5 Å². The maximum absolute atomic E-state index is 11.6. The number of nitrogens with one attached hydrogen (secondary N) is 1. The van der Waals surface area contributed by atoms with E-state index in [0.29, 0.717) is 16.4 Å². The molecule has 0 fully saturated rings. The van der Waals surface area contributed by atoms with Gasteiger partial charge in [0.25, 0.3) is 5.56 Å². The summed E-state index contributed by atoms with van der Waals surface area (Å²) in [6.07, 6.45) is 0. The Morgan fingerprint density at radius 3 is 3.11 bits per heavy atom. The predicted octanol–water partition coefficient (Wildman–Crippen LogP) is -0.408. The molecule has 0 saturated carbocycles. The highest BCUT2D eigenvalue weighted by atomic mass is 32.2. The van der Waals surface area contributed by atoms with Crippen LogP contribution in [0.3, 0.4) is 0 Å². The Kier molecular flexibility index (Phi) is 3.58. The molecule has 0 radical (unpaired) electrons. The molecule has 0 unspecified atom stereocenters.